The maximum atomic E-state index is 9.69. The van der Waals surface area contributed by atoms with E-state index >= 15 is 0 Å². The lowest BCUT2D eigenvalue weighted by atomic mass is 10.2. The van der Waals surface area contributed by atoms with E-state index in [0.29, 0.717) is 6.54 Å². The van der Waals surface area contributed by atoms with Crippen LogP contribution >= 0.6 is 0 Å². The maximum absolute atomic E-state index is 9.69. The Labute approximate surface area is 108 Å². The lowest BCUT2D eigenvalue weighted by Gasteiger charge is -2.25. The lowest BCUT2D eigenvalue weighted by Crippen LogP contribution is -2.30. The molecule has 2 aromatic rings. The Kier molecular flexibility index (Phi) is 4.04. The van der Waals surface area contributed by atoms with Gasteiger partial charge in [-0.15, -0.1) is 0 Å². The third kappa shape index (κ3) is 2.74. The van der Waals surface area contributed by atoms with Crippen LogP contribution in [-0.4, -0.2) is 29.7 Å². The molecule has 0 radical (unpaired) electrons. The Morgan fingerprint density at radius 1 is 1.33 bits per heavy atom. The molecule has 18 heavy (non-hydrogen) atoms. The number of fused-ring (bicyclic) bond motifs is 1. The number of para-hydroxylation sites is 1. The first-order valence-corrected chi connectivity index (χ1v) is 6.48. The molecule has 2 rings (SSSR count). The Morgan fingerprint density at radius 3 is 2.72 bits per heavy atom. The third-order valence-electron chi connectivity index (χ3n) is 3.49. The second kappa shape index (κ2) is 5.55. The fourth-order valence-electron chi connectivity index (χ4n) is 2.05. The highest BCUT2D eigenvalue weighted by molar-refractivity contribution is 5.77. The second-order valence-corrected chi connectivity index (χ2v) is 4.86. The van der Waals surface area contributed by atoms with Crippen LogP contribution in [0.3, 0.4) is 0 Å². The second-order valence-electron chi connectivity index (χ2n) is 4.86. The van der Waals surface area contributed by atoms with E-state index in [1.807, 2.05) is 32.2 Å². The van der Waals surface area contributed by atoms with Gasteiger partial charge in [-0.3, -0.25) is 4.90 Å². The van der Waals surface area contributed by atoms with Crippen LogP contribution in [0.25, 0.3) is 11.0 Å². The van der Waals surface area contributed by atoms with Crippen LogP contribution in [0.5, 0.6) is 0 Å². The van der Waals surface area contributed by atoms with Gasteiger partial charge in [0.1, 0.15) is 11.3 Å². The van der Waals surface area contributed by atoms with Crippen molar-refractivity contribution in [3.63, 3.8) is 0 Å². The number of furan rings is 1. The highest BCUT2D eigenvalue weighted by Crippen LogP contribution is 2.26. The Hall–Kier alpha value is -1.32. The first kappa shape index (κ1) is 13.1. The maximum Gasteiger partial charge on any atom is 0.134 e. The summed E-state index contributed by atoms with van der Waals surface area (Å²) in [6.07, 6.45) is 0.499. The zero-order chi connectivity index (χ0) is 13.1. The van der Waals surface area contributed by atoms with Crippen molar-refractivity contribution >= 4 is 11.0 Å². The molecule has 1 unspecified atom stereocenters. The van der Waals surface area contributed by atoms with Gasteiger partial charge in [0.2, 0.25) is 0 Å². The van der Waals surface area contributed by atoms with E-state index in [0.717, 1.165) is 23.2 Å². The van der Waals surface area contributed by atoms with Crippen LogP contribution in [0.4, 0.5) is 0 Å². The van der Waals surface area contributed by atoms with Gasteiger partial charge < -0.3 is 9.52 Å². The van der Waals surface area contributed by atoms with Crippen molar-refractivity contribution in [1.29, 1.82) is 0 Å². The summed E-state index contributed by atoms with van der Waals surface area (Å²) in [5, 5.41) is 10.8. The SMILES string of the molecule is CC[C@@H](O)CN(C)C(C)c1cc2ccccc2o1. The van der Waals surface area contributed by atoms with E-state index in [9.17, 15) is 5.11 Å². The van der Waals surface area contributed by atoms with Crippen molar-refractivity contribution in [1.82, 2.24) is 4.90 Å². The van der Waals surface area contributed by atoms with Gasteiger partial charge in [-0.05, 0) is 32.5 Å². The molecule has 1 N–H and O–H groups in total. The molecule has 3 heteroatoms. The lowest BCUT2D eigenvalue weighted by molar-refractivity contribution is 0.0998. The van der Waals surface area contributed by atoms with E-state index in [1.165, 1.54) is 0 Å². The zero-order valence-electron chi connectivity index (χ0n) is 11.3. The topological polar surface area (TPSA) is 36.6 Å². The molecule has 0 aliphatic carbocycles. The quantitative estimate of drug-likeness (QED) is 0.881. The summed E-state index contributed by atoms with van der Waals surface area (Å²) < 4.78 is 5.84. The largest absolute Gasteiger partial charge is 0.459 e. The predicted octanol–water partition coefficient (Wildman–Crippen LogP) is 3.20. The van der Waals surface area contributed by atoms with E-state index < -0.39 is 0 Å². The van der Waals surface area contributed by atoms with Gasteiger partial charge in [-0.1, -0.05) is 25.1 Å². The van der Waals surface area contributed by atoms with Crippen molar-refractivity contribution in [2.45, 2.75) is 32.4 Å². The van der Waals surface area contributed by atoms with Crippen molar-refractivity contribution in [3.05, 3.63) is 36.1 Å². The molecule has 1 aromatic heterocycles. The average Bonchev–Trinajstić information content (AvgIpc) is 2.81. The molecular formula is C15H21NO2. The van der Waals surface area contributed by atoms with Crippen molar-refractivity contribution in [3.8, 4) is 0 Å². The number of rotatable bonds is 5. The van der Waals surface area contributed by atoms with E-state index in [2.05, 4.69) is 24.0 Å². The van der Waals surface area contributed by atoms with Crippen LogP contribution in [-0.2, 0) is 0 Å². The molecule has 1 heterocycles. The Bertz CT molecular complexity index is 473. The number of likely N-dealkylation sites (N-methyl/N-ethyl adjacent to an activating group) is 1. The molecule has 0 saturated carbocycles. The van der Waals surface area contributed by atoms with Gasteiger partial charge in [0.25, 0.3) is 0 Å². The summed E-state index contributed by atoms with van der Waals surface area (Å²) in [4.78, 5) is 2.12. The van der Waals surface area contributed by atoms with Crippen LogP contribution in [0.1, 0.15) is 32.1 Å². The van der Waals surface area contributed by atoms with Crippen LogP contribution < -0.4 is 0 Å². The molecule has 0 aliphatic rings. The summed E-state index contributed by atoms with van der Waals surface area (Å²) in [5.74, 6) is 0.946. The van der Waals surface area contributed by atoms with Gasteiger partial charge in [0.05, 0.1) is 12.1 Å². The first-order chi connectivity index (χ1) is 8.61. The number of hydrogen-bond acceptors (Lipinski definition) is 3. The molecule has 0 bridgehead atoms. The number of aliphatic hydroxyl groups is 1. The number of hydrogen-bond donors (Lipinski definition) is 1. The number of nitrogens with zero attached hydrogens (tertiary/aromatic N) is 1. The molecule has 0 fully saturated rings. The molecule has 3 nitrogen and oxygen atoms in total. The third-order valence-corrected chi connectivity index (χ3v) is 3.49. The number of benzene rings is 1. The highest BCUT2D eigenvalue weighted by atomic mass is 16.3. The minimum Gasteiger partial charge on any atom is -0.459 e. The van der Waals surface area contributed by atoms with Gasteiger partial charge >= 0.3 is 0 Å². The van der Waals surface area contributed by atoms with Crippen molar-refractivity contribution in [2.24, 2.45) is 0 Å². The van der Waals surface area contributed by atoms with Gasteiger partial charge in [-0.2, -0.15) is 0 Å². The molecule has 0 amide bonds. The summed E-state index contributed by atoms with van der Waals surface area (Å²) in [6, 6.07) is 10.3. The highest BCUT2D eigenvalue weighted by Gasteiger charge is 2.17. The Balaban J connectivity index is 2.14. The summed E-state index contributed by atoms with van der Waals surface area (Å²) >= 11 is 0. The summed E-state index contributed by atoms with van der Waals surface area (Å²) in [7, 11) is 2.01. The first-order valence-electron chi connectivity index (χ1n) is 6.48. The van der Waals surface area contributed by atoms with Crippen LogP contribution in [0.15, 0.2) is 34.7 Å². The zero-order valence-corrected chi connectivity index (χ0v) is 11.3. The van der Waals surface area contributed by atoms with E-state index in [-0.39, 0.29) is 12.1 Å². The summed E-state index contributed by atoms with van der Waals surface area (Å²) in [5.41, 5.74) is 0.920. The molecule has 1 aromatic carbocycles. The molecular weight excluding hydrogens is 226 g/mol. The molecule has 0 spiro atoms. The standard InChI is InChI=1S/C15H21NO2/c1-4-13(17)10-16(3)11(2)15-9-12-7-5-6-8-14(12)18-15/h5-9,11,13,17H,4,10H2,1-3H3/t11?,13-/m1/s1. The fraction of sp³-hybridized carbons (Fsp3) is 0.467. The minimum atomic E-state index is -0.276. The molecule has 98 valence electrons. The van der Waals surface area contributed by atoms with Gasteiger partial charge in [0, 0.05) is 11.9 Å². The van der Waals surface area contributed by atoms with Crippen LogP contribution in [0.2, 0.25) is 0 Å². The minimum absolute atomic E-state index is 0.165. The van der Waals surface area contributed by atoms with Crippen molar-refractivity contribution in [2.75, 3.05) is 13.6 Å². The van der Waals surface area contributed by atoms with E-state index in [4.69, 9.17) is 4.42 Å². The molecule has 0 saturated heterocycles. The van der Waals surface area contributed by atoms with Crippen molar-refractivity contribution < 1.29 is 9.52 Å². The monoisotopic (exact) mass is 247 g/mol. The fourth-order valence-corrected chi connectivity index (χ4v) is 2.05. The molecule has 2 atom stereocenters. The predicted molar refractivity (Wildman–Crippen MR) is 73.6 cm³/mol. The average molecular weight is 247 g/mol. The summed E-state index contributed by atoms with van der Waals surface area (Å²) in [6.45, 7) is 4.75. The van der Waals surface area contributed by atoms with Gasteiger partial charge in [0.15, 0.2) is 0 Å². The van der Waals surface area contributed by atoms with Crippen LogP contribution in [0, 0.1) is 0 Å². The normalized spacial score (nSPS) is 15.2. The smallest absolute Gasteiger partial charge is 0.134 e. The number of aliphatic hydroxyl groups excluding tert-OH is 1. The van der Waals surface area contributed by atoms with Gasteiger partial charge in [-0.25, -0.2) is 0 Å². The Morgan fingerprint density at radius 2 is 2.06 bits per heavy atom. The molecule has 0 aliphatic heterocycles. The van der Waals surface area contributed by atoms with E-state index in [1.54, 1.807) is 0 Å².